The summed E-state index contributed by atoms with van der Waals surface area (Å²) >= 11 is 0. The highest BCUT2D eigenvalue weighted by Crippen LogP contribution is 2.51. The molecule has 3 aromatic rings. The molecule has 150 valence electrons. The molecule has 0 spiro atoms. The van der Waals surface area contributed by atoms with Crippen LogP contribution in [0.4, 0.5) is 0 Å². The second-order valence-corrected chi connectivity index (χ2v) is 8.59. The summed E-state index contributed by atoms with van der Waals surface area (Å²) in [5.74, 6) is 2.04. The summed E-state index contributed by atoms with van der Waals surface area (Å²) in [6.45, 7) is 6.19. The van der Waals surface area contributed by atoms with Gasteiger partial charge in [-0.3, -0.25) is 0 Å². The van der Waals surface area contributed by atoms with Gasteiger partial charge in [0, 0.05) is 11.1 Å². The maximum absolute atomic E-state index is 10.9. The average molecular weight is 387 g/mol. The molecule has 0 aliphatic heterocycles. The van der Waals surface area contributed by atoms with Crippen LogP contribution in [0.1, 0.15) is 36.0 Å². The number of aromatic hydroxyl groups is 1. The van der Waals surface area contributed by atoms with Crippen LogP contribution in [-0.2, 0) is 0 Å². The van der Waals surface area contributed by atoms with Crippen molar-refractivity contribution >= 4 is 0 Å². The van der Waals surface area contributed by atoms with Crippen LogP contribution in [-0.4, -0.2) is 16.3 Å². The molecule has 2 saturated carbocycles. The van der Waals surface area contributed by atoms with Gasteiger partial charge in [0.15, 0.2) is 0 Å². The third-order valence-corrected chi connectivity index (χ3v) is 6.54. The topological polar surface area (TPSA) is 40.5 Å². The molecule has 0 bridgehead atoms. The first kappa shape index (κ1) is 19.7. The van der Waals surface area contributed by atoms with E-state index in [1.54, 1.807) is 0 Å². The van der Waals surface area contributed by atoms with E-state index in [1.807, 2.05) is 37.3 Å². The molecule has 2 aliphatic carbocycles. The smallest absolute Gasteiger partial charge is 0.131 e. The van der Waals surface area contributed by atoms with Crippen molar-refractivity contribution in [1.29, 1.82) is 0 Å². The van der Waals surface area contributed by atoms with E-state index in [9.17, 15) is 5.11 Å². The van der Waals surface area contributed by atoms with Gasteiger partial charge < -0.3 is 10.2 Å². The second kappa shape index (κ2) is 8.04. The van der Waals surface area contributed by atoms with Crippen LogP contribution in [0, 0.1) is 32.6 Å². The lowest BCUT2D eigenvalue weighted by atomic mass is 9.90. The molecule has 2 heteroatoms. The first-order valence-electron chi connectivity index (χ1n) is 10.6. The van der Waals surface area contributed by atoms with Crippen LogP contribution >= 0.6 is 0 Å². The van der Waals surface area contributed by atoms with Crippen LogP contribution in [0.15, 0.2) is 60.7 Å². The highest BCUT2D eigenvalue weighted by Gasteiger charge is 2.47. The number of aliphatic hydroxyl groups excluding tert-OH is 1. The third-order valence-electron chi connectivity index (χ3n) is 6.54. The van der Waals surface area contributed by atoms with E-state index >= 15 is 0 Å². The van der Waals surface area contributed by atoms with Gasteiger partial charge in [-0.25, -0.2) is 0 Å². The monoisotopic (exact) mass is 386 g/mol. The molecule has 0 aromatic heterocycles. The maximum Gasteiger partial charge on any atom is 0.131 e. The zero-order valence-electron chi connectivity index (χ0n) is 17.5. The fraction of sp³-hybridized carbons (Fsp3) is 0.333. The van der Waals surface area contributed by atoms with E-state index in [-0.39, 0.29) is 6.10 Å². The fourth-order valence-electron chi connectivity index (χ4n) is 4.65. The number of aliphatic hydroxyl groups is 1. The van der Waals surface area contributed by atoms with Crippen molar-refractivity contribution in [1.82, 2.24) is 0 Å². The van der Waals surface area contributed by atoms with Crippen molar-refractivity contribution < 1.29 is 10.2 Å². The molecule has 29 heavy (non-hydrogen) atoms. The minimum atomic E-state index is 0.0880. The van der Waals surface area contributed by atoms with E-state index < -0.39 is 0 Å². The fourth-order valence-corrected chi connectivity index (χ4v) is 4.65. The molecular formula is C27H30O2. The Kier molecular flexibility index (Phi) is 5.47. The highest BCUT2D eigenvalue weighted by atomic mass is 16.3. The second-order valence-electron chi connectivity index (χ2n) is 8.59. The van der Waals surface area contributed by atoms with E-state index in [2.05, 4.69) is 44.2 Å². The van der Waals surface area contributed by atoms with Crippen molar-refractivity contribution in [2.75, 3.05) is 0 Å². The zero-order valence-corrected chi connectivity index (χ0v) is 17.5. The predicted octanol–water partition coefficient (Wildman–Crippen LogP) is 6.43. The number of fused-ring (bicyclic) bond motifs is 1. The van der Waals surface area contributed by atoms with Gasteiger partial charge in [-0.2, -0.15) is 0 Å². The van der Waals surface area contributed by atoms with Crippen molar-refractivity contribution in [3.05, 3.63) is 77.4 Å². The molecule has 3 atom stereocenters. The van der Waals surface area contributed by atoms with Gasteiger partial charge in [0.25, 0.3) is 0 Å². The van der Waals surface area contributed by atoms with Gasteiger partial charge >= 0.3 is 0 Å². The number of hydrogen-bond donors (Lipinski definition) is 2. The van der Waals surface area contributed by atoms with Gasteiger partial charge in [0.05, 0.1) is 6.10 Å². The lowest BCUT2D eigenvalue weighted by molar-refractivity contribution is 0.159. The number of benzene rings is 3. The Morgan fingerprint density at radius 2 is 1.31 bits per heavy atom. The minimum absolute atomic E-state index is 0.0880. The van der Waals surface area contributed by atoms with Gasteiger partial charge in [-0.1, -0.05) is 60.7 Å². The number of phenolic OH excluding ortho intramolecular Hbond substituents is 1. The largest absolute Gasteiger partial charge is 0.507 e. The standard InChI is InChI=1S/C21H20O.C6H10O/c1-14-8-4-6-10-17(14)19-13-12-16(3)20(21(19)22)18-11-7-5-9-15(18)2;7-6-2-1-4-3-5(4)6/h4-13,22H,1-3H3;4-7H,1-3H2. The van der Waals surface area contributed by atoms with Crippen LogP contribution in [0.25, 0.3) is 22.3 Å². The highest BCUT2D eigenvalue weighted by molar-refractivity contribution is 5.86. The molecule has 2 fully saturated rings. The minimum Gasteiger partial charge on any atom is -0.507 e. The molecule has 3 unspecified atom stereocenters. The molecule has 3 aromatic carbocycles. The quantitative estimate of drug-likeness (QED) is 0.533. The summed E-state index contributed by atoms with van der Waals surface area (Å²) in [5.41, 5.74) is 7.41. The van der Waals surface area contributed by atoms with E-state index in [4.69, 9.17) is 5.11 Å². The first-order valence-corrected chi connectivity index (χ1v) is 10.6. The molecule has 0 heterocycles. The van der Waals surface area contributed by atoms with Crippen molar-refractivity contribution in [2.24, 2.45) is 11.8 Å². The Labute approximate surface area is 173 Å². The van der Waals surface area contributed by atoms with Crippen molar-refractivity contribution in [3.8, 4) is 28.0 Å². The normalized spacial score (nSPS) is 21.9. The lowest BCUT2D eigenvalue weighted by Crippen LogP contribution is -2.02. The Morgan fingerprint density at radius 1 is 0.690 bits per heavy atom. The lowest BCUT2D eigenvalue weighted by Gasteiger charge is -2.16. The maximum atomic E-state index is 10.9. The van der Waals surface area contributed by atoms with E-state index in [0.717, 1.165) is 51.6 Å². The molecule has 0 amide bonds. The number of rotatable bonds is 2. The molecular weight excluding hydrogens is 356 g/mol. The van der Waals surface area contributed by atoms with E-state index in [0.29, 0.717) is 5.75 Å². The summed E-state index contributed by atoms with van der Waals surface area (Å²) in [6, 6.07) is 20.4. The number of hydrogen-bond acceptors (Lipinski definition) is 2. The summed E-state index contributed by atoms with van der Waals surface area (Å²) in [5, 5.41) is 20.0. The number of aryl methyl sites for hydroxylation is 3. The van der Waals surface area contributed by atoms with Crippen molar-refractivity contribution in [2.45, 2.75) is 46.1 Å². The molecule has 0 saturated heterocycles. The number of phenols is 1. The van der Waals surface area contributed by atoms with Gasteiger partial charge in [-0.15, -0.1) is 0 Å². The Balaban J connectivity index is 0.000000243. The molecule has 0 radical (unpaired) electrons. The molecule has 2 aliphatic rings. The van der Waals surface area contributed by atoms with Gasteiger partial charge in [-0.05, 0) is 79.7 Å². The van der Waals surface area contributed by atoms with E-state index in [1.165, 1.54) is 18.4 Å². The zero-order chi connectivity index (χ0) is 20.5. The summed E-state index contributed by atoms with van der Waals surface area (Å²) < 4.78 is 0. The van der Waals surface area contributed by atoms with Crippen LogP contribution in [0.3, 0.4) is 0 Å². The molecule has 2 N–H and O–H groups in total. The Morgan fingerprint density at radius 3 is 1.79 bits per heavy atom. The third kappa shape index (κ3) is 3.95. The Hall–Kier alpha value is -2.58. The first-order chi connectivity index (χ1) is 14.0. The Bertz CT molecular complexity index is 1020. The van der Waals surface area contributed by atoms with Gasteiger partial charge in [0.2, 0.25) is 0 Å². The predicted molar refractivity (Wildman–Crippen MR) is 120 cm³/mol. The summed E-state index contributed by atoms with van der Waals surface area (Å²) in [4.78, 5) is 0. The van der Waals surface area contributed by atoms with Crippen LogP contribution in [0.2, 0.25) is 0 Å². The molecule has 2 nitrogen and oxygen atoms in total. The van der Waals surface area contributed by atoms with Crippen LogP contribution in [0.5, 0.6) is 5.75 Å². The molecule has 5 rings (SSSR count). The van der Waals surface area contributed by atoms with Gasteiger partial charge in [0.1, 0.15) is 5.75 Å². The SMILES string of the molecule is Cc1ccccc1-c1ccc(C)c(-c2ccccc2C)c1O.OC1CCC2CC12. The van der Waals surface area contributed by atoms with Crippen molar-refractivity contribution in [3.63, 3.8) is 0 Å². The average Bonchev–Trinajstić information content (AvgIpc) is 3.41. The summed E-state index contributed by atoms with van der Waals surface area (Å²) in [7, 11) is 0. The summed E-state index contributed by atoms with van der Waals surface area (Å²) in [6.07, 6.45) is 3.78. The van der Waals surface area contributed by atoms with Crippen LogP contribution < -0.4 is 0 Å².